The lowest BCUT2D eigenvalue weighted by Gasteiger charge is -2.30. The monoisotopic (exact) mass is 361 g/mol. The molecule has 1 aliphatic heterocycles. The van der Waals surface area contributed by atoms with Crippen molar-refractivity contribution in [1.29, 1.82) is 0 Å². The van der Waals surface area contributed by atoms with Gasteiger partial charge in [0.25, 0.3) is 0 Å². The van der Waals surface area contributed by atoms with Crippen molar-refractivity contribution in [2.45, 2.75) is 26.2 Å². The van der Waals surface area contributed by atoms with Crippen LogP contribution in [0.25, 0.3) is 6.08 Å². The van der Waals surface area contributed by atoms with Crippen LogP contribution in [-0.4, -0.2) is 55.1 Å². The first-order valence-electron chi connectivity index (χ1n) is 9.00. The molecule has 1 aromatic rings. The zero-order valence-corrected chi connectivity index (χ0v) is 15.4. The first kappa shape index (κ1) is 20.0. The third-order valence-electron chi connectivity index (χ3n) is 4.55. The van der Waals surface area contributed by atoms with Crippen LogP contribution >= 0.6 is 0 Å². The van der Waals surface area contributed by atoms with Crippen molar-refractivity contribution in [3.63, 3.8) is 0 Å². The molecule has 1 saturated heterocycles. The van der Waals surface area contributed by atoms with E-state index in [1.807, 2.05) is 6.92 Å². The van der Waals surface area contributed by atoms with Gasteiger partial charge in [0.2, 0.25) is 0 Å². The number of methoxy groups -OCH3 is 1. The fraction of sp³-hybridized carbons (Fsp3) is 0.500. The second kappa shape index (κ2) is 9.97. The Hall–Kier alpha value is -2.34. The molecule has 26 heavy (non-hydrogen) atoms. The number of benzene rings is 1. The van der Waals surface area contributed by atoms with Crippen molar-refractivity contribution in [3.05, 3.63) is 29.8 Å². The van der Waals surface area contributed by atoms with Crippen LogP contribution in [0.1, 0.15) is 31.7 Å². The Morgan fingerprint density at radius 3 is 2.65 bits per heavy atom. The summed E-state index contributed by atoms with van der Waals surface area (Å²) >= 11 is 0. The standard InChI is InChI=1S/C20H27NO5/c1-3-26-20(24)16-8-11-21(12-9-16)13-10-17(22)6-4-15-5-7-19(25-2)18(23)14-15/h4-7,14,16,23H,3,8-13H2,1-2H3. The van der Waals surface area contributed by atoms with Crippen LogP contribution in [0.4, 0.5) is 0 Å². The number of carbonyl (C=O) groups excluding carboxylic acids is 2. The number of ether oxygens (including phenoxy) is 2. The number of nitrogens with zero attached hydrogens (tertiary/aromatic N) is 1. The Bertz CT molecular complexity index is 648. The molecular weight excluding hydrogens is 334 g/mol. The molecule has 0 aromatic heterocycles. The number of likely N-dealkylation sites (tertiary alicyclic amines) is 1. The minimum absolute atomic E-state index is 0.00968. The number of rotatable bonds is 8. The van der Waals surface area contributed by atoms with Gasteiger partial charge in [0.05, 0.1) is 19.6 Å². The van der Waals surface area contributed by atoms with E-state index in [2.05, 4.69) is 4.90 Å². The maximum atomic E-state index is 12.1. The Balaban J connectivity index is 1.74. The Kier molecular flexibility index (Phi) is 7.66. The topological polar surface area (TPSA) is 76.1 Å². The molecule has 0 unspecified atom stereocenters. The smallest absolute Gasteiger partial charge is 0.309 e. The van der Waals surface area contributed by atoms with E-state index in [0.717, 1.165) is 31.5 Å². The highest BCUT2D eigenvalue weighted by Crippen LogP contribution is 2.26. The fourth-order valence-corrected chi connectivity index (χ4v) is 3.00. The number of piperidine rings is 1. The molecule has 0 amide bonds. The van der Waals surface area contributed by atoms with Crippen molar-refractivity contribution in [2.75, 3.05) is 33.4 Å². The molecule has 0 aliphatic carbocycles. The van der Waals surface area contributed by atoms with Crippen molar-refractivity contribution in [1.82, 2.24) is 4.90 Å². The second-order valence-corrected chi connectivity index (χ2v) is 6.35. The first-order chi connectivity index (χ1) is 12.5. The highest BCUT2D eigenvalue weighted by Gasteiger charge is 2.25. The SMILES string of the molecule is CCOC(=O)C1CCN(CCC(=O)C=Cc2ccc(OC)c(O)c2)CC1. The lowest BCUT2D eigenvalue weighted by atomic mass is 9.97. The van der Waals surface area contributed by atoms with Crippen LogP contribution in [0.15, 0.2) is 24.3 Å². The van der Waals surface area contributed by atoms with Gasteiger partial charge in [0, 0.05) is 13.0 Å². The van der Waals surface area contributed by atoms with Crippen LogP contribution < -0.4 is 4.74 Å². The van der Waals surface area contributed by atoms with Crippen molar-refractivity contribution in [3.8, 4) is 11.5 Å². The van der Waals surface area contributed by atoms with Crippen LogP contribution in [0.5, 0.6) is 11.5 Å². The summed E-state index contributed by atoms with van der Waals surface area (Å²) in [4.78, 5) is 26.0. The molecule has 1 N–H and O–H groups in total. The Labute approximate surface area is 154 Å². The van der Waals surface area contributed by atoms with Gasteiger partial charge in [-0.05, 0) is 56.6 Å². The van der Waals surface area contributed by atoms with E-state index in [1.165, 1.54) is 13.2 Å². The summed E-state index contributed by atoms with van der Waals surface area (Å²) in [5.41, 5.74) is 0.743. The highest BCUT2D eigenvalue weighted by atomic mass is 16.5. The van der Waals surface area contributed by atoms with Gasteiger partial charge < -0.3 is 19.5 Å². The Morgan fingerprint density at radius 2 is 2.04 bits per heavy atom. The maximum Gasteiger partial charge on any atom is 0.309 e. The van der Waals surface area contributed by atoms with Crippen molar-refractivity contribution in [2.24, 2.45) is 5.92 Å². The number of allylic oxidation sites excluding steroid dienone is 1. The molecular formula is C20H27NO5. The molecule has 2 rings (SSSR count). The fourth-order valence-electron chi connectivity index (χ4n) is 3.00. The van der Waals surface area contributed by atoms with Gasteiger partial charge in [-0.3, -0.25) is 9.59 Å². The average Bonchev–Trinajstić information content (AvgIpc) is 2.65. The number of esters is 1. The maximum absolute atomic E-state index is 12.1. The number of hydrogen-bond donors (Lipinski definition) is 1. The van der Waals surface area contributed by atoms with Crippen molar-refractivity contribution < 1.29 is 24.2 Å². The largest absolute Gasteiger partial charge is 0.504 e. The third-order valence-corrected chi connectivity index (χ3v) is 4.55. The molecule has 6 nitrogen and oxygen atoms in total. The summed E-state index contributed by atoms with van der Waals surface area (Å²) in [6, 6.07) is 5.00. The molecule has 0 spiro atoms. The molecule has 1 heterocycles. The van der Waals surface area contributed by atoms with E-state index in [9.17, 15) is 14.7 Å². The van der Waals surface area contributed by atoms with E-state index in [1.54, 1.807) is 24.3 Å². The van der Waals surface area contributed by atoms with Crippen LogP contribution in [0.3, 0.4) is 0 Å². The highest BCUT2D eigenvalue weighted by molar-refractivity contribution is 5.93. The quantitative estimate of drug-likeness (QED) is 0.567. The van der Waals surface area contributed by atoms with Crippen LogP contribution in [0.2, 0.25) is 0 Å². The molecule has 1 aromatic carbocycles. The van der Waals surface area contributed by atoms with E-state index >= 15 is 0 Å². The average molecular weight is 361 g/mol. The molecule has 1 fully saturated rings. The lowest BCUT2D eigenvalue weighted by molar-refractivity contribution is -0.149. The third kappa shape index (κ3) is 5.88. The zero-order chi connectivity index (χ0) is 18.9. The van der Waals surface area contributed by atoms with Crippen LogP contribution in [0, 0.1) is 5.92 Å². The summed E-state index contributed by atoms with van der Waals surface area (Å²) in [6.45, 7) is 4.55. The van der Waals surface area contributed by atoms with Crippen molar-refractivity contribution >= 4 is 17.8 Å². The summed E-state index contributed by atoms with van der Waals surface area (Å²) in [5, 5.41) is 9.74. The molecule has 1 aliphatic rings. The first-order valence-corrected chi connectivity index (χ1v) is 9.00. The van der Waals surface area contributed by atoms with Crippen LogP contribution in [-0.2, 0) is 14.3 Å². The second-order valence-electron chi connectivity index (χ2n) is 6.35. The number of phenolic OH excluding ortho intramolecular Hbond substituents is 1. The predicted molar refractivity (Wildman–Crippen MR) is 99.1 cm³/mol. The Morgan fingerprint density at radius 1 is 1.31 bits per heavy atom. The minimum Gasteiger partial charge on any atom is -0.504 e. The molecule has 0 bridgehead atoms. The van der Waals surface area contributed by atoms with E-state index < -0.39 is 0 Å². The summed E-state index contributed by atoms with van der Waals surface area (Å²) in [6.07, 6.45) is 5.23. The number of phenols is 1. The van der Waals surface area contributed by atoms with E-state index in [0.29, 0.717) is 25.3 Å². The predicted octanol–water partition coefficient (Wildman–Crippen LogP) is 2.65. The van der Waals surface area contributed by atoms with Gasteiger partial charge in [-0.25, -0.2) is 0 Å². The number of aromatic hydroxyl groups is 1. The molecule has 142 valence electrons. The summed E-state index contributed by atoms with van der Waals surface area (Å²) in [5.74, 6) is 0.373. The van der Waals surface area contributed by atoms with Gasteiger partial charge in [-0.15, -0.1) is 0 Å². The van der Waals surface area contributed by atoms with Gasteiger partial charge in [0.15, 0.2) is 17.3 Å². The van der Waals surface area contributed by atoms with Gasteiger partial charge in [-0.1, -0.05) is 12.1 Å². The normalized spacial score (nSPS) is 15.9. The van der Waals surface area contributed by atoms with E-state index in [4.69, 9.17) is 9.47 Å². The zero-order valence-electron chi connectivity index (χ0n) is 15.4. The van der Waals surface area contributed by atoms with Gasteiger partial charge >= 0.3 is 5.97 Å². The summed E-state index contributed by atoms with van der Waals surface area (Å²) in [7, 11) is 1.49. The molecule has 0 saturated carbocycles. The molecule has 0 radical (unpaired) electrons. The van der Waals surface area contributed by atoms with E-state index in [-0.39, 0.29) is 23.4 Å². The van der Waals surface area contributed by atoms with Gasteiger partial charge in [0.1, 0.15) is 0 Å². The number of hydrogen-bond acceptors (Lipinski definition) is 6. The lowest BCUT2D eigenvalue weighted by Crippen LogP contribution is -2.37. The minimum atomic E-state index is -0.103. The molecule has 6 heteroatoms. The summed E-state index contributed by atoms with van der Waals surface area (Å²) < 4.78 is 10.1. The number of carbonyl (C=O) groups is 2. The van der Waals surface area contributed by atoms with Gasteiger partial charge in [-0.2, -0.15) is 0 Å². The molecule has 0 atom stereocenters. The number of ketones is 1.